The molecule has 2 rings (SSSR count). The zero-order chi connectivity index (χ0) is 15.5. The van der Waals surface area contributed by atoms with Crippen molar-refractivity contribution >= 4 is 15.8 Å². The van der Waals surface area contributed by atoms with Gasteiger partial charge < -0.3 is 10.2 Å². The zero-order valence-electron chi connectivity index (χ0n) is 12.9. The van der Waals surface area contributed by atoms with Crippen LogP contribution in [0.3, 0.4) is 0 Å². The lowest BCUT2D eigenvalue weighted by Gasteiger charge is -2.36. The number of nitrogens with zero attached hydrogens (tertiary/aromatic N) is 3. The van der Waals surface area contributed by atoms with Gasteiger partial charge in [0.15, 0.2) is 0 Å². The standard InChI is InChI=1S/C14H24N4O2S/c1-15-10-12-6-4-5-9-18(12)14-8-7-13(11-16-14)21(19,20)17(2)3/h7-8,11-12,15H,4-6,9-10H2,1-3H3. The molecule has 0 amide bonds. The highest BCUT2D eigenvalue weighted by Gasteiger charge is 2.24. The topological polar surface area (TPSA) is 65.5 Å². The van der Waals surface area contributed by atoms with E-state index in [2.05, 4.69) is 15.2 Å². The van der Waals surface area contributed by atoms with Crippen molar-refractivity contribution in [2.75, 3.05) is 39.1 Å². The molecule has 0 saturated carbocycles. The summed E-state index contributed by atoms with van der Waals surface area (Å²) in [4.78, 5) is 6.88. The van der Waals surface area contributed by atoms with Crippen molar-refractivity contribution in [3.05, 3.63) is 18.3 Å². The molecule has 2 heterocycles. The summed E-state index contributed by atoms with van der Waals surface area (Å²) >= 11 is 0. The predicted molar refractivity (Wildman–Crippen MR) is 84.0 cm³/mol. The molecule has 1 aliphatic heterocycles. The van der Waals surface area contributed by atoms with Crippen molar-refractivity contribution in [3.63, 3.8) is 0 Å². The van der Waals surface area contributed by atoms with E-state index in [0.717, 1.165) is 31.7 Å². The average Bonchev–Trinajstić information content (AvgIpc) is 2.48. The van der Waals surface area contributed by atoms with E-state index in [1.165, 1.54) is 31.0 Å². The monoisotopic (exact) mass is 312 g/mol. The van der Waals surface area contributed by atoms with Gasteiger partial charge in [-0.15, -0.1) is 0 Å². The molecule has 21 heavy (non-hydrogen) atoms. The van der Waals surface area contributed by atoms with Gasteiger partial charge in [0, 0.05) is 39.4 Å². The first-order valence-corrected chi connectivity index (χ1v) is 8.70. The van der Waals surface area contributed by atoms with Gasteiger partial charge in [-0.1, -0.05) is 0 Å². The summed E-state index contributed by atoms with van der Waals surface area (Å²) in [6.07, 6.45) is 4.98. The number of likely N-dealkylation sites (N-methyl/N-ethyl adjacent to an activating group) is 1. The number of piperidine rings is 1. The Labute approximate surface area is 127 Å². The molecule has 118 valence electrons. The molecule has 1 N–H and O–H groups in total. The molecule has 7 heteroatoms. The number of rotatable bonds is 5. The van der Waals surface area contributed by atoms with E-state index < -0.39 is 10.0 Å². The maximum atomic E-state index is 12.0. The van der Waals surface area contributed by atoms with E-state index in [0.29, 0.717) is 6.04 Å². The Morgan fingerprint density at radius 2 is 2.14 bits per heavy atom. The Kier molecular flexibility index (Phi) is 5.18. The molecular formula is C14H24N4O2S. The Morgan fingerprint density at radius 3 is 2.71 bits per heavy atom. The lowest BCUT2D eigenvalue weighted by Crippen LogP contribution is -2.45. The fourth-order valence-electron chi connectivity index (χ4n) is 2.66. The van der Waals surface area contributed by atoms with Crippen molar-refractivity contribution in [2.45, 2.75) is 30.2 Å². The summed E-state index contributed by atoms with van der Waals surface area (Å²) in [5.74, 6) is 0.854. The lowest BCUT2D eigenvalue weighted by molar-refractivity contribution is 0.443. The van der Waals surface area contributed by atoms with Gasteiger partial charge in [-0.25, -0.2) is 17.7 Å². The van der Waals surface area contributed by atoms with Crippen LogP contribution in [0, 0.1) is 0 Å². The second-order valence-electron chi connectivity index (χ2n) is 5.54. The lowest BCUT2D eigenvalue weighted by atomic mass is 10.0. The zero-order valence-corrected chi connectivity index (χ0v) is 13.7. The molecule has 0 radical (unpaired) electrons. The smallest absolute Gasteiger partial charge is 0.244 e. The van der Waals surface area contributed by atoms with Gasteiger partial charge in [-0.2, -0.15) is 0 Å². The van der Waals surface area contributed by atoms with Crippen molar-refractivity contribution in [1.29, 1.82) is 0 Å². The highest BCUT2D eigenvalue weighted by Crippen LogP contribution is 2.24. The Hall–Kier alpha value is -1.18. The number of pyridine rings is 1. The van der Waals surface area contributed by atoms with E-state index in [1.54, 1.807) is 6.07 Å². The third-order valence-electron chi connectivity index (χ3n) is 3.86. The Bertz CT molecular complexity index is 555. The molecule has 6 nitrogen and oxygen atoms in total. The van der Waals surface area contributed by atoms with Crippen LogP contribution in [0.2, 0.25) is 0 Å². The van der Waals surface area contributed by atoms with E-state index in [4.69, 9.17) is 0 Å². The summed E-state index contributed by atoms with van der Waals surface area (Å²) in [5.41, 5.74) is 0. The number of nitrogens with one attached hydrogen (secondary N) is 1. The molecule has 0 aromatic carbocycles. The first kappa shape index (κ1) is 16.2. The van der Waals surface area contributed by atoms with Crippen LogP contribution in [0.1, 0.15) is 19.3 Å². The van der Waals surface area contributed by atoms with Crippen LogP contribution in [-0.4, -0.2) is 58.0 Å². The second-order valence-corrected chi connectivity index (χ2v) is 7.69. The summed E-state index contributed by atoms with van der Waals surface area (Å²) in [6, 6.07) is 3.88. The fraction of sp³-hybridized carbons (Fsp3) is 0.643. The second kappa shape index (κ2) is 6.72. The minimum Gasteiger partial charge on any atom is -0.352 e. The van der Waals surface area contributed by atoms with Crippen LogP contribution in [0.15, 0.2) is 23.2 Å². The van der Waals surface area contributed by atoms with Gasteiger partial charge >= 0.3 is 0 Å². The summed E-state index contributed by atoms with van der Waals surface area (Å²) in [7, 11) is 1.59. The minimum absolute atomic E-state index is 0.235. The summed E-state index contributed by atoms with van der Waals surface area (Å²) < 4.78 is 25.3. The maximum Gasteiger partial charge on any atom is 0.244 e. The van der Waals surface area contributed by atoms with Crippen LogP contribution in [0.5, 0.6) is 0 Å². The largest absolute Gasteiger partial charge is 0.352 e. The van der Waals surface area contributed by atoms with Gasteiger partial charge in [0.1, 0.15) is 10.7 Å². The first-order valence-electron chi connectivity index (χ1n) is 7.26. The van der Waals surface area contributed by atoms with Crippen LogP contribution in [-0.2, 0) is 10.0 Å². The molecule has 1 aromatic heterocycles. The van der Waals surface area contributed by atoms with Crippen molar-refractivity contribution in [1.82, 2.24) is 14.6 Å². The van der Waals surface area contributed by atoms with Gasteiger partial charge in [-0.05, 0) is 38.4 Å². The van der Waals surface area contributed by atoms with Crippen molar-refractivity contribution in [3.8, 4) is 0 Å². The molecule has 1 unspecified atom stereocenters. The molecule has 1 atom stereocenters. The number of anilines is 1. The van der Waals surface area contributed by atoms with E-state index in [-0.39, 0.29) is 4.90 Å². The quantitative estimate of drug-likeness (QED) is 0.875. The summed E-state index contributed by atoms with van der Waals surface area (Å²) in [6.45, 7) is 1.89. The number of hydrogen-bond donors (Lipinski definition) is 1. The molecule has 1 fully saturated rings. The van der Waals surface area contributed by atoms with Gasteiger partial charge in [0.2, 0.25) is 10.0 Å². The highest BCUT2D eigenvalue weighted by atomic mass is 32.2. The third kappa shape index (κ3) is 3.53. The Balaban J connectivity index is 2.21. The van der Waals surface area contributed by atoms with Gasteiger partial charge in [0.05, 0.1) is 0 Å². The van der Waals surface area contributed by atoms with Crippen LogP contribution < -0.4 is 10.2 Å². The van der Waals surface area contributed by atoms with Crippen molar-refractivity contribution < 1.29 is 8.42 Å². The molecular weight excluding hydrogens is 288 g/mol. The molecule has 1 aliphatic rings. The van der Waals surface area contributed by atoms with Crippen LogP contribution >= 0.6 is 0 Å². The number of aromatic nitrogens is 1. The SMILES string of the molecule is CNCC1CCCCN1c1ccc(S(=O)(=O)N(C)C)cn1. The minimum atomic E-state index is -3.41. The number of hydrogen-bond acceptors (Lipinski definition) is 5. The molecule has 1 saturated heterocycles. The molecule has 0 bridgehead atoms. The normalized spacial score (nSPS) is 20.0. The van der Waals surface area contributed by atoms with E-state index >= 15 is 0 Å². The fourth-order valence-corrected chi connectivity index (χ4v) is 3.50. The highest BCUT2D eigenvalue weighted by molar-refractivity contribution is 7.89. The molecule has 1 aromatic rings. The predicted octanol–water partition coefficient (Wildman–Crippen LogP) is 0.910. The van der Waals surface area contributed by atoms with E-state index in [1.807, 2.05) is 13.1 Å². The Morgan fingerprint density at radius 1 is 1.38 bits per heavy atom. The van der Waals surface area contributed by atoms with Gasteiger partial charge in [0.25, 0.3) is 0 Å². The first-order chi connectivity index (χ1) is 9.96. The van der Waals surface area contributed by atoms with Crippen LogP contribution in [0.4, 0.5) is 5.82 Å². The van der Waals surface area contributed by atoms with Crippen LogP contribution in [0.25, 0.3) is 0 Å². The molecule has 0 aliphatic carbocycles. The third-order valence-corrected chi connectivity index (χ3v) is 5.66. The van der Waals surface area contributed by atoms with Crippen molar-refractivity contribution in [2.24, 2.45) is 0 Å². The number of sulfonamides is 1. The van der Waals surface area contributed by atoms with E-state index in [9.17, 15) is 8.42 Å². The summed E-state index contributed by atoms with van der Waals surface area (Å²) in [5, 5.41) is 3.22. The molecule has 0 spiro atoms. The van der Waals surface area contributed by atoms with Gasteiger partial charge in [-0.3, -0.25) is 0 Å². The average molecular weight is 312 g/mol. The maximum absolute atomic E-state index is 12.0.